The fraction of sp³-hybridized carbons (Fsp3) is 0.286. The zero-order valence-electron chi connectivity index (χ0n) is 12.1. The predicted molar refractivity (Wildman–Crippen MR) is 84.7 cm³/mol. The summed E-state index contributed by atoms with van der Waals surface area (Å²) < 4.78 is 1.80. The Morgan fingerprint density at radius 3 is 2.73 bits per heavy atom. The normalized spacial score (nSPS) is 11.4. The molecule has 0 aliphatic carbocycles. The van der Waals surface area contributed by atoms with Crippen molar-refractivity contribution >= 4 is 28.6 Å². The molecule has 0 bridgehead atoms. The number of amides is 1. The van der Waals surface area contributed by atoms with E-state index in [-0.39, 0.29) is 11.6 Å². The van der Waals surface area contributed by atoms with E-state index in [1.165, 1.54) is 23.5 Å². The van der Waals surface area contributed by atoms with E-state index in [9.17, 15) is 14.9 Å². The highest BCUT2D eigenvalue weighted by Crippen LogP contribution is 2.15. The second-order valence-corrected chi connectivity index (χ2v) is 5.51. The van der Waals surface area contributed by atoms with Crippen molar-refractivity contribution in [3.63, 3.8) is 0 Å². The van der Waals surface area contributed by atoms with Crippen molar-refractivity contribution in [1.82, 2.24) is 4.57 Å². The van der Waals surface area contributed by atoms with Crippen LogP contribution in [0.15, 0.2) is 40.8 Å². The lowest BCUT2D eigenvalue weighted by Crippen LogP contribution is -2.13. The minimum atomic E-state index is -0.436. The minimum absolute atomic E-state index is 0.0587. The highest BCUT2D eigenvalue weighted by Gasteiger charge is 2.04. The molecule has 0 radical (unpaired) electrons. The van der Waals surface area contributed by atoms with E-state index in [0.29, 0.717) is 24.2 Å². The Balaban J connectivity index is 1.76. The molecule has 1 N–H and O–H groups in total. The molecule has 0 saturated heterocycles. The first-order valence-electron chi connectivity index (χ1n) is 6.72. The molecule has 1 amide bonds. The molecule has 0 atom stereocenters. The number of carbonyl (C=O) groups is 1. The minimum Gasteiger partial charge on any atom is -0.385 e. The summed E-state index contributed by atoms with van der Waals surface area (Å²) in [5, 5.41) is 15.5. The summed E-state index contributed by atoms with van der Waals surface area (Å²) in [7, 11) is 1.85. The summed E-state index contributed by atoms with van der Waals surface area (Å²) in [6.07, 6.45) is 2.86. The van der Waals surface area contributed by atoms with Gasteiger partial charge in [0.25, 0.3) is 5.69 Å². The Hall–Kier alpha value is -2.48. The fourth-order valence-electron chi connectivity index (χ4n) is 1.77. The van der Waals surface area contributed by atoms with Crippen LogP contribution in [0.4, 0.5) is 11.4 Å². The molecule has 0 fully saturated rings. The SMILES string of the molecule is Cn1ccsc1=NC(=O)CCCNc1ccc([N+](=O)[O-])cc1. The Morgan fingerprint density at radius 1 is 1.41 bits per heavy atom. The molecule has 22 heavy (non-hydrogen) atoms. The van der Waals surface area contributed by atoms with Gasteiger partial charge in [0.1, 0.15) is 0 Å². The highest BCUT2D eigenvalue weighted by atomic mass is 32.1. The predicted octanol–water partition coefficient (Wildman–Crippen LogP) is 2.31. The third-order valence-electron chi connectivity index (χ3n) is 2.95. The molecule has 2 rings (SSSR count). The molecule has 7 nitrogen and oxygen atoms in total. The van der Waals surface area contributed by atoms with Gasteiger partial charge in [0, 0.05) is 49.4 Å². The molecule has 1 aromatic carbocycles. The van der Waals surface area contributed by atoms with E-state index < -0.39 is 4.92 Å². The van der Waals surface area contributed by atoms with Gasteiger partial charge < -0.3 is 9.88 Å². The number of aromatic nitrogens is 1. The van der Waals surface area contributed by atoms with Crippen LogP contribution < -0.4 is 10.1 Å². The first kappa shape index (κ1) is 15.9. The van der Waals surface area contributed by atoms with Gasteiger partial charge >= 0.3 is 0 Å². The Labute approximate surface area is 131 Å². The van der Waals surface area contributed by atoms with Gasteiger partial charge in [-0.3, -0.25) is 14.9 Å². The lowest BCUT2D eigenvalue weighted by molar-refractivity contribution is -0.384. The zero-order chi connectivity index (χ0) is 15.9. The third-order valence-corrected chi connectivity index (χ3v) is 3.80. The third kappa shape index (κ3) is 4.52. The Morgan fingerprint density at radius 2 is 2.14 bits per heavy atom. The summed E-state index contributed by atoms with van der Waals surface area (Å²) in [5.74, 6) is -0.149. The highest BCUT2D eigenvalue weighted by molar-refractivity contribution is 7.07. The van der Waals surface area contributed by atoms with E-state index in [2.05, 4.69) is 10.3 Å². The van der Waals surface area contributed by atoms with Gasteiger partial charge in [0.15, 0.2) is 4.80 Å². The van der Waals surface area contributed by atoms with Gasteiger partial charge in [-0.15, -0.1) is 11.3 Å². The topological polar surface area (TPSA) is 89.5 Å². The average molecular weight is 320 g/mol. The number of rotatable bonds is 6. The number of carbonyl (C=O) groups excluding carboxylic acids is 1. The molecule has 0 unspecified atom stereocenters. The van der Waals surface area contributed by atoms with Gasteiger partial charge in [-0.05, 0) is 18.6 Å². The maximum atomic E-state index is 11.7. The molecule has 8 heteroatoms. The van der Waals surface area contributed by atoms with Crippen LogP contribution >= 0.6 is 11.3 Å². The molecule has 0 aliphatic heterocycles. The molecule has 2 aromatic rings. The molecular weight excluding hydrogens is 304 g/mol. The number of thiazole rings is 1. The summed E-state index contributed by atoms with van der Waals surface area (Å²) in [5.41, 5.74) is 0.850. The average Bonchev–Trinajstić information content (AvgIpc) is 2.89. The second-order valence-electron chi connectivity index (χ2n) is 4.64. The van der Waals surface area contributed by atoms with Crippen LogP contribution in [-0.4, -0.2) is 21.9 Å². The number of nitro benzene ring substituents is 1. The van der Waals surface area contributed by atoms with Crippen molar-refractivity contribution < 1.29 is 9.72 Å². The number of aryl methyl sites for hydroxylation is 1. The van der Waals surface area contributed by atoms with Crippen molar-refractivity contribution in [3.8, 4) is 0 Å². The van der Waals surface area contributed by atoms with Gasteiger partial charge in [-0.25, -0.2) is 0 Å². The molecule has 0 saturated carbocycles. The second kappa shape index (κ2) is 7.51. The van der Waals surface area contributed by atoms with Crippen molar-refractivity contribution in [2.24, 2.45) is 12.0 Å². The van der Waals surface area contributed by atoms with Crippen LogP contribution in [0.5, 0.6) is 0 Å². The van der Waals surface area contributed by atoms with Gasteiger partial charge in [-0.1, -0.05) is 0 Å². The van der Waals surface area contributed by atoms with Gasteiger partial charge in [0.2, 0.25) is 5.91 Å². The number of non-ortho nitro benzene ring substituents is 1. The largest absolute Gasteiger partial charge is 0.385 e. The number of benzene rings is 1. The first-order valence-corrected chi connectivity index (χ1v) is 7.60. The van der Waals surface area contributed by atoms with Crippen LogP contribution in [0.2, 0.25) is 0 Å². The number of hydrogen-bond acceptors (Lipinski definition) is 5. The van der Waals surface area contributed by atoms with Crippen molar-refractivity contribution in [1.29, 1.82) is 0 Å². The summed E-state index contributed by atoms with van der Waals surface area (Å²) in [4.78, 5) is 26.5. The lowest BCUT2D eigenvalue weighted by atomic mass is 10.2. The molecule has 116 valence electrons. The fourth-order valence-corrected chi connectivity index (χ4v) is 2.52. The zero-order valence-corrected chi connectivity index (χ0v) is 12.9. The molecule has 0 spiro atoms. The number of nitrogens with one attached hydrogen (secondary N) is 1. The van der Waals surface area contributed by atoms with Gasteiger partial charge in [-0.2, -0.15) is 4.99 Å². The number of hydrogen-bond donors (Lipinski definition) is 1. The summed E-state index contributed by atoms with van der Waals surface area (Å²) in [6.45, 7) is 0.607. The van der Waals surface area contributed by atoms with Crippen LogP contribution in [0.25, 0.3) is 0 Å². The molecule has 0 aliphatic rings. The van der Waals surface area contributed by atoms with Gasteiger partial charge in [0.05, 0.1) is 4.92 Å². The van der Waals surface area contributed by atoms with E-state index in [4.69, 9.17) is 0 Å². The first-order chi connectivity index (χ1) is 10.6. The Kier molecular flexibility index (Phi) is 5.42. The van der Waals surface area contributed by atoms with E-state index in [1.54, 1.807) is 16.7 Å². The maximum Gasteiger partial charge on any atom is 0.269 e. The van der Waals surface area contributed by atoms with Crippen LogP contribution in [0.3, 0.4) is 0 Å². The van der Waals surface area contributed by atoms with Crippen molar-refractivity contribution in [2.45, 2.75) is 12.8 Å². The maximum absolute atomic E-state index is 11.7. The lowest BCUT2D eigenvalue weighted by Gasteiger charge is -2.04. The Bertz CT molecular complexity index is 718. The van der Waals surface area contributed by atoms with E-state index in [1.807, 2.05) is 18.6 Å². The number of nitro groups is 1. The van der Waals surface area contributed by atoms with E-state index in [0.717, 1.165) is 5.69 Å². The summed E-state index contributed by atoms with van der Waals surface area (Å²) >= 11 is 1.42. The number of anilines is 1. The van der Waals surface area contributed by atoms with Crippen molar-refractivity contribution in [2.75, 3.05) is 11.9 Å². The molecular formula is C14H16N4O3S. The van der Waals surface area contributed by atoms with Crippen LogP contribution in [0, 0.1) is 10.1 Å². The van der Waals surface area contributed by atoms with Crippen LogP contribution in [0.1, 0.15) is 12.8 Å². The monoisotopic (exact) mass is 320 g/mol. The smallest absolute Gasteiger partial charge is 0.269 e. The molecule has 1 aromatic heterocycles. The van der Waals surface area contributed by atoms with Crippen molar-refractivity contribution in [3.05, 3.63) is 50.8 Å². The number of nitrogens with zero attached hydrogens (tertiary/aromatic N) is 3. The quantitative estimate of drug-likeness (QED) is 0.502. The standard InChI is InChI=1S/C14H16N4O3S/c1-17-9-10-22-14(17)16-13(19)3-2-8-15-11-4-6-12(7-5-11)18(20)21/h4-7,9-10,15H,2-3,8H2,1H3. The molecule has 1 heterocycles. The van der Waals surface area contributed by atoms with E-state index >= 15 is 0 Å². The van der Waals surface area contributed by atoms with Crippen LogP contribution in [-0.2, 0) is 11.8 Å². The summed E-state index contributed by atoms with van der Waals surface area (Å²) in [6, 6.07) is 6.19.